The van der Waals surface area contributed by atoms with Crippen LogP contribution in [0.2, 0.25) is 5.02 Å². The second-order valence-corrected chi connectivity index (χ2v) is 4.49. The maximum Gasteiger partial charge on any atom is 0.221 e. The number of nitrogen functional groups attached to an aromatic ring is 2. The smallest absolute Gasteiger partial charge is 0.221 e. The first-order valence-electron chi connectivity index (χ1n) is 5.46. The van der Waals surface area contributed by atoms with Gasteiger partial charge in [-0.05, 0) is 17.7 Å². The number of aromatic nitrogens is 1. The van der Waals surface area contributed by atoms with Crippen LogP contribution < -0.4 is 11.5 Å². The summed E-state index contributed by atoms with van der Waals surface area (Å²) >= 11 is 5.92. The molecule has 4 N–H and O–H groups in total. The van der Waals surface area contributed by atoms with Crippen molar-refractivity contribution in [3.8, 4) is 11.1 Å². The minimum Gasteiger partial charge on any atom is -0.437 e. The van der Waals surface area contributed by atoms with Gasteiger partial charge in [-0.2, -0.15) is 4.39 Å². The zero-order valence-electron chi connectivity index (χ0n) is 9.65. The second kappa shape index (κ2) is 4.13. The largest absolute Gasteiger partial charge is 0.437 e. The van der Waals surface area contributed by atoms with Gasteiger partial charge in [-0.1, -0.05) is 23.7 Å². The van der Waals surface area contributed by atoms with Crippen LogP contribution in [0, 0.1) is 5.95 Å². The normalized spacial score (nSPS) is 11.1. The minimum absolute atomic E-state index is 0.0469. The van der Waals surface area contributed by atoms with Crippen molar-refractivity contribution in [3.05, 3.63) is 41.4 Å². The van der Waals surface area contributed by atoms with Crippen LogP contribution in [-0.2, 0) is 0 Å². The molecule has 0 bridgehead atoms. The van der Waals surface area contributed by atoms with Crippen LogP contribution in [0.25, 0.3) is 22.1 Å². The van der Waals surface area contributed by atoms with Gasteiger partial charge in [0.05, 0.1) is 17.1 Å². The molecule has 0 aliphatic heterocycles. The number of nitrogens with two attached hydrogens (primary N) is 2. The van der Waals surface area contributed by atoms with E-state index in [2.05, 4.69) is 4.98 Å². The summed E-state index contributed by atoms with van der Waals surface area (Å²) in [5.74, 6) is -0.604. The maximum absolute atomic E-state index is 14.0. The number of pyridine rings is 1. The van der Waals surface area contributed by atoms with Crippen LogP contribution in [0.5, 0.6) is 0 Å². The van der Waals surface area contributed by atoms with Crippen LogP contribution >= 0.6 is 11.6 Å². The third kappa shape index (κ3) is 1.79. The fourth-order valence-electron chi connectivity index (χ4n) is 2.02. The minimum atomic E-state index is -0.651. The van der Waals surface area contributed by atoms with Crippen molar-refractivity contribution in [1.29, 1.82) is 0 Å². The van der Waals surface area contributed by atoms with Gasteiger partial charge in [0.1, 0.15) is 5.69 Å². The first-order chi connectivity index (χ1) is 9.08. The number of rotatable bonds is 1. The van der Waals surface area contributed by atoms with Gasteiger partial charge in [0.2, 0.25) is 11.8 Å². The third-order valence-electron chi connectivity index (χ3n) is 2.87. The molecule has 0 aliphatic carbocycles. The van der Waals surface area contributed by atoms with E-state index in [4.69, 9.17) is 27.5 Å². The van der Waals surface area contributed by atoms with E-state index >= 15 is 0 Å². The molecule has 3 rings (SSSR count). The molecule has 0 saturated heterocycles. The van der Waals surface area contributed by atoms with Crippen molar-refractivity contribution in [3.63, 3.8) is 0 Å². The van der Waals surface area contributed by atoms with E-state index in [9.17, 15) is 4.39 Å². The quantitative estimate of drug-likeness (QED) is 0.668. The number of hydrogen-bond acceptors (Lipinski definition) is 4. The van der Waals surface area contributed by atoms with E-state index in [1.807, 2.05) is 0 Å². The first kappa shape index (κ1) is 11.8. The molecule has 0 fully saturated rings. The topological polar surface area (TPSA) is 78.1 Å². The van der Waals surface area contributed by atoms with E-state index in [0.717, 1.165) is 0 Å². The summed E-state index contributed by atoms with van der Waals surface area (Å²) in [6.45, 7) is 0. The molecule has 96 valence electrons. The molecule has 1 aromatic carbocycles. The van der Waals surface area contributed by atoms with Crippen LogP contribution in [0.4, 0.5) is 16.0 Å². The van der Waals surface area contributed by atoms with Crippen molar-refractivity contribution in [2.24, 2.45) is 0 Å². The lowest BCUT2D eigenvalue weighted by Crippen LogP contribution is -1.94. The molecule has 3 aromatic rings. The van der Waals surface area contributed by atoms with Crippen molar-refractivity contribution >= 4 is 34.1 Å². The highest BCUT2D eigenvalue weighted by Gasteiger charge is 2.19. The highest BCUT2D eigenvalue weighted by atomic mass is 35.5. The van der Waals surface area contributed by atoms with Crippen molar-refractivity contribution in [2.45, 2.75) is 0 Å². The number of nitrogens with zero attached hydrogens (tertiary/aromatic N) is 1. The predicted octanol–water partition coefficient (Wildman–Crippen LogP) is 3.45. The molecule has 2 heterocycles. The molecule has 0 unspecified atom stereocenters. The fourth-order valence-corrected chi connectivity index (χ4v) is 2.21. The number of fused-ring (bicyclic) bond motifs is 1. The Morgan fingerprint density at radius 3 is 2.79 bits per heavy atom. The average Bonchev–Trinajstić information content (AvgIpc) is 2.66. The molecule has 6 heteroatoms. The summed E-state index contributed by atoms with van der Waals surface area (Å²) in [6, 6.07) is 6.76. The van der Waals surface area contributed by atoms with Crippen molar-refractivity contribution in [2.75, 3.05) is 11.5 Å². The average molecular weight is 278 g/mol. The molecule has 19 heavy (non-hydrogen) atoms. The molecule has 0 saturated carbocycles. The fraction of sp³-hybridized carbons (Fsp3) is 0. The maximum atomic E-state index is 14.0. The highest BCUT2D eigenvalue weighted by molar-refractivity contribution is 6.31. The zero-order valence-corrected chi connectivity index (χ0v) is 10.4. The number of benzene rings is 1. The van der Waals surface area contributed by atoms with Gasteiger partial charge in [0, 0.05) is 5.02 Å². The monoisotopic (exact) mass is 277 g/mol. The van der Waals surface area contributed by atoms with Gasteiger partial charge >= 0.3 is 0 Å². The predicted molar refractivity (Wildman–Crippen MR) is 73.2 cm³/mol. The molecular weight excluding hydrogens is 269 g/mol. The third-order valence-corrected chi connectivity index (χ3v) is 3.10. The number of hydrogen-bond donors (Lipinski definition) is 2. The number of halogens is 2. The Kier molecular flexibility index (Phi) is 2.57. The van der Waals surface area contributed by atoms with Gasteiger partial charge < -0.3 is 15.9 Å². The van der Waals surface area contributed by atoms with Crippen molar-refractivity contribution in [1.82, 2.24) is 4.98 Å². The molecule has 0 radical (unpaired) electrons. The first-order valence-corrected chi connectivity index (χ1v) is 5.83. The van der Waals surface area contributed by atoms with Crippen LogP contribution in [0.1, 0.15) is 0 Å². The van der Waals surface area contributed by atoms with Crippen LogP contribution in [-0.4, -0.2) is 4.98 Å². The van der Waals surface area contributed by atoms with Gasteiger partial charge in [-0.15, -0.1) is 0 Å². The van der Waals surface area contributed by atoms with Crippen molar-refractivity contribution < 1.29 is 8.81 Å². The lowest BCUT2D eigenvalue weighted by Gasteiger charge is -2.05. The highest BCUT2D eigenvalue weighted by Crippen LogP contribution is 2.39. The lowest BCUT2D eigenvalue weighted by molar-refractivity contribution is 0.584. The molecule has 0 atom stereocenters. The molecule has 4 nitrogen and oxygen atoms in total. The van der Waals surface area contributed by atoms with Crippen LogP contribution in [0.3, 0.4) is 0 Å². The second-order valence-electron chi connectivity index (χ2n) is 4.05. The summed E-state index contributed by atoms with van der Waals surface area (Å²) in [5.41, 5.74) is 12.8. The Bertz CT molecular complexity index is 785. The lowest BCUT2D eigenvalue weighted by atomic mass is 10.0. The molecule has 0 aliphatic rings. The summed E-state index contributed by atoms with van der Waals surface area (Å²) in [5, 5.41) is 0.899. The summed E-state index contributed by atoms with van der Waals surface area (Å²) in [6.07, 6.45) is 1.26. The standard InChI is InChI=1S/C13H9ClFN3O/c14-7-3-1-2-6(4-7)9-10-8(5-18-12(9)15)19-13(17)11(10)16/h1-5H,16-17H2. The SMILES string of the molecule is Nc1oc2cnc(F)c(-c3cccc(Cl)c3)c2c1N. The van der Waals surface area contributed by atoms with Gasteiger partial charge in [-0.25, -0.2) is 4.98 Å². The van der Waals surface area contributed by atoms with E-state index in [0.29, 0.717) is 21.6 Å². The van der Waals surface area contributed by atoms with Gasteiger partial charge in [0.15, 0.2) is 5.58 Å². The molecule has 2 aromatic heterocycles. The zero-order chi connectivity index (χ0) is 13.6. The Labute approximate surface area is 112 Å². The molecular formula is C13H9ClFN3O. The van der Waals surface area contributed by atoms with E-state index < -0.39 is 5.95 Å². The van der Waals surface area contributed by atoms with E-state index in [1.165, 1.54) is 6.20 Å². The van der Waals surface area contributed by atoms with E-state index in [-0.39, 0.29) is 17.1 Å². The number of furan rings is 1. The Balaban J connectivity index is 2.42. The molecule has 0 spiro atoms. The summed E-state index contributed by atoms with van der Waals surface area (Å²) in [7, 11) is 0. The Morgan fingerprint density at radius 1 is 1.26 bits per heavy atom. The van der Waals surface area contributed by atoms with Gasteiger partial charge in [0.25, 0.3) is 0 Å². The Hall–Kier alpha value is -2.27. The van der Waals surface area contributed by atoms with Crippen LogP contribution in [0.15, 0.2) is 34.9 Å². The van der Waals surface area contributed by atoms with E-state index in [1.54, 1.807) is 24.3 Å². The summed E-state index contributed by atoms with van der Waals surface area (Å²) in [4.78, 5) is 3.65. The molecule has 0 amide bonds. The van der Waals surface area contributed by atoms with Gasteiger partial charge in [-0.3, -0.25) is 0 Å². The summed E-state index contributed by atoms with van der Waals surface area (Å²) < 4.78 is 19.3. The Morgan fingerprint density at radius 2 is 2.05 bits per heavy atom. The number of anilines is 2.